The molecule has 0 aliphatic heterocycles. The van der Waals surface area contributed by atoms with Gasteiger partial charge in [0.15, 0.2) is 5.96 Å². The maximum Gasteiger partial charge on any atom is 0.189 e. The van der Waals surface area contributed by atoms with Crippen molar-refractivity contribution in [1.82, 2.24) is 15.1 Å². The quantitative estimate of drug-likeness (QED) is 0.585. The van der Waals surface area contributed by atoms with Gasteiger partial charge in [0.05, 0.1) is 12.7 Å². The molecular formula is C14H27N5. The van der Waals surface area contributed by atoms with Gasteiger partial charge in [-0.1, -0.05) is 26.7 Å². The van der Waals surface area contributed by atoms with Gasteiger partial charge in [0, 0.05) is 24.8 Å². The summed E-state index contributed by atoms with van der Waals surface area (Å²) in [5.74, 6) is 1.28. The highest BCUT2D eigenvalue weighted by atomic mass is 15.2. The van der Waals surface area contributed by atoms with Crippen molar-refractivity contribution >= 4 is 5.96 Å². The lowest BCUT2D eigenvalue weighted by Gasteiger charge is -2.14. The smallest absolute Gasteiger partial charge is 0.189 e. The average Bonchev–Trinajstić information content (AvgIpc) is 2.72. The van der Waals surface area contributed by atoms with Crippen molar-refractivity contribution in [3.63, 3.8) is 0 Å². The fourth-order valence-corrected chi connectivity index (χ4v) is 1.93. The summed E-state index contributed by atoms with van der Waals surface area (Å²) in [5, 5.41) is 7.33. The second kappa shape index (κ2) is 7.81. The van der Waals surface area contributed by atoms with Crippen LogP contribution in [-0.2, 0) is 13.6 Å². The molecule has 0 spiro atoms. The van der Waals surface area contributed by atoms with Gasteiger partial charge in [0.25, 0.3) is 0 Å². The first kappa shape index (κ1) is 15.5. The highest BCUT2D eigenvalue weighted by Crippen LogP contribution is 2.08. The molecule has 5 nitrogen and oxygen atoms in total. The van der Waals surface area contributed by atoms with Gasteiger partial charge in [-0.25, -0.2) is 4.99 Å². The second-order valence-electron chi connectivity index (χ2n) is 5.59. The van der Waals surface area contributed by atoms with E-state index in [0.717, 1.165) is 17.9 Å². The van der Waals surface area contributed by atoms with E-state index >= 15 is 0 Å². The summed E-state index contributed by atoms with van der Waals surface area (Å²) in [6.45, 7) is 7.22. The molecule has 1 unspecified atom stereocenters. The Hall–Kier alpha value is -1.52. The molecule has 1 atom stereocenters. The molecule has 1 aromatic rings. The number of nitrogens with one attached hydrogen (secondary N) is 1. The van der Waals surface area contributed by atoms with Crippen LogP contribution in [0.1, 0.15) is 45.6 Å². The van der Waals surface area contributed by atoms with Crippen LogP contribution in [0.3, 0.4) is 0 Å². The Bertz CT molecular complexity index is 394. The van der Waals surface area contributed by atoms with E-state index < -0.39 is 0 Å². The van der Waals surface area contributed by atoms with Crippen LogP contribution in [0.2, 0.25) is 0 Å². The summed E-state index contributed by atoms with van der Waals surface area (Å²) < 4.78 is 1.77. The molecular weight excluding hydrogens is 238 g/mol. The zero-order valence-corrected chi connectivity index (χ0v) is 12.6. The Morgan fingerprint density at radius 2 is 2.16 bits per heavy atom. The lowest BCUT2D eigenvalue weighted by atomic mass is 10.0. The van der Waals surface area contributed by atoms with Gasteiger partial charge in [-0.2, -0.15) is 5.10 Å². The van der Waals surface area contributed by atoms with Crippen molar-refractivity contribution < 1.29 is 0 Å². The van der Waals surface area contributed by atoms with Gasteiger partial charge in [-0.15, -0.1) is 0 Å². The van der Waals surface area contributed by atoms with Gasteiger partial charge >= 0.3 is 0 Å². The summed E-state index contributed by atoms with van der Waals surface area (Å²) in [6.07, 6.45) is 7.37. The van der Waals surface area contributed by atoms with Crippen LogP contribution in [0.25, 0.3) is 0 Å². The van der Waals surface area contributed by atoms with Gasteiger partial charge in [0.2, 0.25) is 0 Å². The van der Waals surface area contributed by atoms with Crippen molar-refractivity contribution in [2.45, 2.75) is 52.6 Å². The monoisotopic (exact) mass is 265 g/mol. The minimum Gasteiger partial charge on any atom is -0.370 e. The molecule has 1 heterocycles. The summed E-state index contributed by atoms with van der Waals surface area (Å²) >= 11 is 0. The van der Waals surface area contributed by atoms with E-state index in [2.05, 4.69) is 36.2 Å². The van der Waals surface area contributed by atoms with Crippen LogP contribution in [0.4, 0.5) is 0 Å². The van der Waals surface area contributed by atoms with Crippen LogP contribution >= 0.6 is 0 Å². The molecule has 0 bridgehead atoms. The Morgan fingerprint density at radius 3 is 2.74 bits per heavy atom. The van der Waals surface area contributed by atoms with Crippen molar-refractivity contribution in [2.75, 3.05) is 0 Å². The number of aromatic nitrogens is 2. The predicted octanol–water partition coefficient (Wildman–Crippen LogP) is 2.04. The number of hydrogen-bond acceptors (Lipinski definition) is 2. The third-order valence-corrected chi connectivity index (χ3v) is 3.00. The van der Waals surface area contributed by atoms with E-state index in [4.69, 9.17) is 5.73 Å². The molecule has 3 N–H and O–H groups in total. The van der Waals surface area contributed by atoms with E-state index in [0.29, 0.717) is 18.5 Å². The Kier molecular flexibility index (Phi) is 6.39. The molecule has 0 saturated carbocycles. The van der Waals surface area contributed by atoms with Gasteiger partial charge in [-0.3, -0.25) is 4.68 Å². The number of hydrogen-bond donors (Lipinski definition) is 2. The second-order valence-corrected chi connectivity index (χ2v) is 5.59. The minimum absolute atomic E-state index is 0.372. The van der Waals surface area contributed by atoms with Crippen LogP contribution < -0.4 is 11.1 Å². The van der Waals surface area contributed by atoms with Gasteiger partial charge < -0.3 is 11.1 Å². The Labute approximate surface area is 116 Å². The van der Waals surface area contributed by atoms with Gasteiger partial charge in [-0.05, 0) is 19.3 Å². The number of aryl methyl sites for hydroxylation is 1. The molecule has 0 saturated heterocycles. The average molecular weight is 265 g/mol. The van der Waals surface area contributed by atoms with E-state index in [1.807, 2.05) is 19.4 Å². The lowest BCUT2D eigenvalue weighted by Crippen LogP contribution is -2.38. The number of rotatable bonds is 7. The van der Waals surface area contributed by atoms with Crippen molar-refractivity contribution in [2.24, 2.45) is 23.7 Å². The summed E-state index contributed by atoms with van der Waals surface area (Å²) in [5.41, 5.74) is 6.94. The zero-order chi connectivity index (χ0) is 14.3. The summed E-state index contributed by atoms with van der Waals surface area (Å²) in [6, 6.07) is 0.372. The number of nitrogens with two attached hydrogens (primary N) is 1. The van der Waals surface area contributed by atoms with Gasteiger partial charge in [0.1, 0.15) is 0 Å². The molecule has 1 rings (SSSR count). The normalized spacial score (nSPS) is 13.8. The van der Waals surface area contributed by atoms with Crippen LogP contribution in [0.15, 0.2) is 17.4 Å². The molecule has 108 valence electrons. The SMILES string of the molecule is CC(C)CCCC(C)NC(N)=NCc1cnn(C)c1. The number of guanidine groups is 1. The van der Waals surface area contributed by atoms with Crippen LogP contribution in [-0.4, -0.2) is 21.8 Å². The first-order valence-electron chi connectivity index (χ1n) is 7.01. The molecule has 0 aliphatic rings. The van der Waals surface area contributed by atoms with E-state index in [1.165, 1.54) is 12.8 Å². The minimum atomic E-state index is 0.372. The fraction of sp³-hybridized carbons (Fsp3) is 0.714. The molecule has 19 heavy (non-hydrogen) atoms. The van der Waals surface area contributed by atoms with E-state index in [9.17, 15) is 0 Å². The van der Waals surface area contributed by atoms with Crippen molar-refractivity contribution in [1.29, 1.82) is 0 Å². The lowest BCUT2D eigenvalue weighted by molar-refractivity contribution is 0.493. The Balaban J connectivity index is 2.27. The standard InChI is InChI=1S/C14H27N5/c1-11(2)6-5-7-12(3)18-14(15)16-8-13-9-17-19(4)10-13/h9-12H,5-8H2,1-4H3,(H3,15,16,18). The highest BCUT2D eigenvalue weighted by molar-refractivity contribution is 5.78. The third kappa shape index (κ3) is 6.84. The molecule has 5 heteroatoms. The molecule has 1 aromatic heterocycles. The topological polar surface area (TPSA) is 68.2 Å². The molecule has 0 aliphatic carbocycles. The summed E-state index contributed by atoms with van der Waals surface area (Å²) in [7, 11) is 1.89. The maximum absolute atomic E-state index is 5.87. The van der Waals surface area contributed by atoms with Crippen molar-refractivity contribution in [3.05, 3.63) is 18.0 Å². The molecule has 0 fully saturated rings. The number of nitrogens with zero attached hydrogens (tertiary/aromatic N) is 3. The fourth-order valence-electron chi connectivity index (χ4n) is 1.93. The predicted molar refractivity (Wildman–Crippen MR) is 79.8 cm³/mol. The van der Waals surface area contributed by atoms with E-state index in [-0.39, 0.29) is 0 Å². The van der Waals surface area contributed by atoms with Crippen LogP contribution in [0.5, 0.6) is 0 Å². The first-order valence-corrected chi connectivity index (χ1v) is 7.01. The molecule has 0 aromatic carbocycles. The number of aliphatic imine (C=N–C) groups is 1. The van der Waals surface area contributed by atoms with Crippen molar-refractivity contribution in [3.8, 4) is 0 Å². The largest absolute Gasteiger partial charge is 0.370 e. The maximum atomic E-state index is 5.87. The highest BCUT2D eigenvalue weighted by Gasteiger charge is 2.04. The third-order valence-electron chi connectivity index (χ3n) is 3.00. The molecule has 0 amide bonds. The van der Waals surface area contributed by atoms with Crippen LogP contribution in [0, 0.1) is 5.92 Å². The molecule has 0 radical (unpaired) electrons. The first-order chi connectivity index (χ1) is 8.97. The van der Waals surface area contributed by atoms with E-state index in [1.54, 1.807) is 4.68 Å². The summed E-state index contributed by atoms with van der Waals surface area (Å²) in [4.78, 5) is 4.32. The zero-order valence-electron chi connectivity index (χ0n) is 12.6. The Morgan fingerprint density at radius 1 is 1.42 bits per heavy atom.